The van der Waals surface area contributed by atoms with Crippen LogP contribution in [0.1, 0.15) is 131 Å². The van der Waals surface area contributed by atoms with Crippen molar-refractivity contribution < 1.29 is 40.9 Å². The van der Waals surface area contributed by atoms with Gasteiger partial charge in [-0.25, -0.2) is 0 Å². The van der Waals surface area contributed by atoms with E-state index < -0.39 is 0 Å². The van der Waals surface area contributed by atoms with Crippen LogP contribution in [-0.2, 0) is 0 Å². The van der Waals surface area contributed by atoms with Crippen LogP contribution < -0.4 is 0 Å². The second kappa shape index (κ2) is 14.3. The normalized spacial score (nSPS) is 57.8. The molecule has 0 aliphatic heterocycles. The quantitative estimate of drug-likeness (QED) is 0.197. The molecule has 0 heterocycles. The molecule has 22 atom stereocenters. The molecule has 0 aromatic rings. The minimum atomic E-state index is -0.357. The van der Waals surface area contributed by atoms with Crippen molar-refractivity contribution >= 4 is 0 Å². The van der Waals surface area contributed by atoms with Crippen molar-refractivity contribution in [2.24, 2.45) is 92.7 Å². The van der Waals surface area contributed by atoms with Crippen LogP contribution in [0.2, 0.25) is 0 Å². The van der Waals surface area contributed by atoms with Gasteiger partial charge in [-0.05, 0) is 183 Å². The third-order valence-corrected chi connectivity index (χ3v) is 19.6. The molecule has 0 saturated heterocycles. The van der Waals surface area contributed by atoms with Crippen LogP contribution in [0.5, 0.6) is 0 Å². The number of hydrogen-bond acceptors (Lipinski definition) is 8. The van der Waals surface area contributed by atoms with E-state index in [0.29, 0.717) is 47.3 Å². The minimum absolute atomic E-state index is 0.131. The lowest BCUT2D eigenvalue weighted by Gasteiger charge is -2.63. The van der Waals surface area contributed by atoms with E-state index in [9.17, 15) is 40.9 Å². The van der Waals surface area contributed by atoms with Crippen molar-refractivity contribution in [1.29, 1.82) is 0 Å². The molecule has 0 radical (unpaired) electrons. The zero-order chi connectivity index (χ0) is 37.7. The molecule has 8 N–H and O–H groups in total. The minimum Gasteiger partial charge on any atom is -0.396 e. The maximum absolute atomic E-state index is 11.3. The summed E-state index contributed by atoms with van der Waals surface area (Å²) >= 11 is 0. The van der Waals surface area contributed by atoms with Gasteiger partial charge in [0.05, 0.1) is 36.6 Å². The molecule has 0 amide bonds. The number of hydrogen-bond donors (Lipinski definition) is 8. The predicted molar refractivity (Wildman–Crippen MR) is 201 cm³/mol. The lowest BCUT2D eigenvalue weighted by atomic mass is 9.43. The largest absolute Gasteiger partial charge is 0.396 e. The highest BCUT2D eigenvalue weighted by Gasteiger charge is 2.67. The van der Waals surface area contributed by atoms with Crippen LogP contribution in [0.25, 0.3) is 0 Å². The summed E-state index contributed by atoms with van der Waals surface area (Å²) in [6, 6.07) is 0. The summed E-state index contributed by atoms with van der Waals surface area (Å²) in [6.07, 6.45) is 10.9. The van der Waals surface area contributed by atoms with Crippen molar-refractivity contribution in [2.45, 2.75) is 168 Å². The first-order chi connectivity index (χ1) is 24.5. The number of aliphatic hydroxyl groups excluding tert-OH is 8. The third kappa shape index (κ3) is 5.86. The molecule has 8 saturated carbocycles. The van der Waals surface area contributed by atoms with Crippen LogP contribution in [-0.4, -0.2) is 90.7 Å². The Kier molecular flexibility index (Phi) is 10.9. The van der Waals surface area contributed by atoms with Crippen molar-refractivity contribution in [3.05, 3.63) is 0 Å². The first-order valence-corrected chi connectivity index (χ1v) is 21.8. The maximum Gasteiger partial charge on any atom is 0.0602 e. The summed E-state index contributed by atoms with van der Waals surface area (Å²) in [5, 5.41) is 84.8. The summed E-state index contributed by atoms with van der Waals surface area (Å²) < 4.78 is 0. The number of fused-ring (bicyclic) bond motifs is 10. The Labute approximate surface area is 314 Å². The Balaban J connectivity index is 0.000000162. The fourth-order valence-electron chi connectivity index (χ4n) is 16.5. The summed E-state index contributed by atoms with van der Waals surface area (Å²) in [4.78, 5) is 0. The van der Waals surface area contributed by atoms with Crippen molar-refractivity contribution in [3.63, 3.8) is 0 Å². The molecule has 0 bridgehead atoms. The highest BCUT2D eigenvalue weighted by Crippen LogP contribution is 2.70. The van der Waals surface area contributed by atoms with Gasteiger partial charge in [0.2, 0.25) is 0 Å². The summed E-state index contributed by atoms with van der Waals surface area (Å²) in [6.45, 7) is 13.8. The van der Waals surface area contributed by atoms with Crippen LogP contribution in [0.3, 0.4) is 0 Å². The van der Waals surface area contributed by atoms with Crippen LogP contribution in [0.15, 0.2) is 0 Å². The Morgan fingerprint density at radius 2 is 0.846 bits per heavy atom. The fraction of sp³-hybridized carbons (Fsp3) is 1.00. The van der Waals surface area contributed by atoms with Gasteiger partial charge in [-0.2, -0.15) is 0 Å². The van der Waals surface area contributed by atoms with Crippen molar-refractivity contribution in [3.8, 4) is 0 Å². The van der Waals surface area contributed by atoms with E-state index in [1.54, 1.807) is 0 Å². The molecule has 8 aliphatic carbocycles. The van der Waals surface area contributed by atoms with Gasteiger partial charge in [0.15, 0.2) is 0 Å². The Hall–Kier alpha value is -0.320. The zero-order valence-electron chi connectivity index (χ0n) is 33.3. The van der Waals surface area contributed by atoms with E-state index in [1.165, 1.54) is 0 Å². The molecular formula is C44H76O8. The molecule has 8 aliphatic rings. The van der Waals surface area contributed by atoms with Gasteiger partial charge in [0.1, 0.15) is 0 Å². The van der Waals surface area contributed by atoms with E-state index in [0.717, 1.165) is 89.9 Å². The van der Waals surface area contributed by atoms with Gasteiger partial charge >= 0.3 is 0 Å². The molecule has 0 aromatic carbocycles. The fourth-order valence-corrected chi connectivity index (χ4v) is 16.5. The van der Waals surface area contributed by atoms with Crippen molar-refractivity contribution in [1.82, 2.24) is 0 Å². The Bertz CT molecular complexity index is 1170. The SMILES string of the molecule is CC(CO)[C@H]1CC[C@H]2[C@@H]3[C@H](O)C[C@@H]4C[C@H](O)CC[C@]4(C)[C@H]3C[C@H](O)[C@]12C.CC(CO)[C@H]1CC[C@H]2[C@@H]3[C@H](O)C[C@@H]4C[C@H](O)CC[C@]4(C)[C@H]3C[C@H](O)[C@]12C. The standard InChI is InChI=1S/2C22H38O4/c2*1-12(11-23)15-4-5-16-20-17(10-19(26)22(15,16)3)21(2)7-6-14(24)8-13(21)9-18(20)25/h2*12-20,23-26H,4-11H2,1-3H3/t2*12?,13-,14+,15+,16-,17-,18+,19-,20-,21-,22+/m00/s1. The van der Waals surface area contributed by atoms with E-state index >= 15 is 0 Å². The Morgan fingerprint density at radius 3 is 1.19 bits per heavy atom. The van der Waals surface area contributed by atoms with Gasteiger partial charge in [-0.1, -0.05) is 41.5 Å². The van der Waals surface area contributed by atoms with Gasteiger partial charge in [-0.15, -0.1) is 0 Å². The first-order valence-electron chi connectivity index (χ1n) is 21.8. The molecule has 0 aromatic heterocycles. The summed E-state index contributed by atoms with van der Waals surface area (Å²) in [5.41, 5.74) is -0.123. The van der Waals surface area contributed by atoms with Gasteiger partial charge in [0, 0.05) is 13.2 Å². The third-order valence-electron chi connectivity index (χ3n) is 19.6. The van der Waals surface area contributed by atoms with Crippen LogP contribution in [0, 0.1) is 92.7 Å². The molecule has 8 nitrogen and oxygen atoms in total. The smallest absolute Gasteiger partial charge is 0.0602 e. The molecule has 52 heavy (non-hydrogen) atoms. The van der Waals surface area contributed by atoms with Crippen molar-refractivity contribution in [2.75, 3.05) is 13.2 Å². The average Bonchev–Trinajstić information content (AvgIpc) is 3.65. The van der Waals surface area contributed by atoms with Crippen LogP contribution >= 0.6 is 0 Å². The number of aliphatic hydroxyl groups is 8. The van der Waals surface area contributed by atoms with Crippen LogP contribution in [0.4, 0.5) is 0 Å². The topological polar surface area (TPSA) is 162 Å². The second-order valence-electron chi connectivity index (χ2n) is 21.4. The molecule has 300 valence electrons. The molecular weight excluding hydrogens is 656 g/mol. The predicted octanol–water partition coefficient (Wildman–Crippen LogP) is 5.15. The monoisotopic (exact) mass is 733 g/mol. The molecule has 8 heteroatoms. The first kappa shape index (κ1) is 39.9. The van der Waals surface area contributed by atoms with E-state index in [1.807, 2.05) is 0 Å². The number of rotatable bonds is 4. The summed E-state index contributed by atoms with van der Waals surface area (Å²) in [7, 11) is 0. The van der Waals surface area contributed by atoms with E-state index in [4.69, 9.17) is 0 Å². The second-order valence-corrected chi connectivity index (χ2v) is 21.4. The lowest BCUT2D eigenvalue weighted by Crippen LogP contribution is -2.62. The van der Waals surface area contributed by atoms with Gasteiger partial charge in [0.25, 0.3) is 0 Å². The molecule has 0 spiro atoms. The highest BCUT2D eigenvalue weighted by atomic mass is 16.3. The lowest BCUT2D eigenvalue weighted by molar-refractivity contribution is -0.207. The highest BCUT2D eigenvalue weighted by molar-refractivity contribution is 5.16. The van der Waals surface area contributed by atoms with E-state index in [2.05, 4.69) is 41.5 Å². The maximum atomic E-state index is 11.3. The van der Waals surface area contributed by atoms with Gasteiger partial charge < -0.3 is 40.9 Å². The average molecular weight is 733 g/mol. The van der Waals surface area contributed by atoms with E-state index in [-0.39, 0.29) is 95.2 Å². The zero-order valence-corrected chi connectivity index (χ0v) is 33.3. The molecule has 2 unspecified atom stereocenters. The Morgan fingerprint density at radius 1 is 0.481 bits per heavy atom. The molecule has 8 fully saturated rings. The molecule has 8 rings (SSSR count). The summed E-state index contributed by atoms with van der Waals surface area (Å²) in [5.74, 6) is 3.70. The van der Waals surface area contributed by atoms with Gasteiger partial charge in [-0.3, -0.25) is 0 Å².